The Kier molecular flexibility index (Phi) is 3.48. The van der Waals surface area contributed by atoms with E-state index in [1.54, 1.807) is 11.5 Å². The zero-order chi connectivity index (χ0) is 15.4. The lowest BCUT2D eigenvalue weighted by molar-refractivity contribution is -0.137. The first-order valence-corrected chi connectivity index (χ1v) is 8.69. The Labute approximate surface area is 125 Å². The van der Waals surface area contributed by atoms with Crippen LogP contribution < -0.4 is 4.80 Å². The molecule has 114 valence electrons. The fourth-order valence-electron chi connectivity index (χ4n) is 2.76. The van der Waals surface area contributed by atoms with Gasteiger partial charge in [0.1, 0.15) is 0 Å². The number of aromatic nitrogens is 1. The van der Waals surface area contributed by atoms with E-state index in [4.69, 9.17) is 5.41 Å². The van der Waals surface area contributed by atoms with E-state index in [2.05, 4.69) is 0 Å². The quantitative estimate of drug-likeness (QED) is 0.899. The minimum atomic E-state index is -4.43. The van der Waals surface area contributed by atoms with Crippen LogP contribution in [-0.2, 0) is 23.5 Å². The maximum atomic E-state index is 13.0. The van der Waals surface area contributed by atoms with Crippen molar-refractivity contribution in [3.8, 4) is 0 Å². The van der Waals surface area contributed by atoms with Gasteiger partial charge in [-0.1, -0.05) is 18.3 Å². The smallest absolute Gasteiger partial charge is 0.317 e. The molecule has 0 amide bonds. The molecule has 0 spiro atoms. The van der Waals surface area contributed by atoms with Crippen molar-refractivity contribution < 1.29 is 17.4 Å². The molecule has 0 unspecified atom stereocenters. The van der Waals surface area contributed by atoms with Crippen LogP contribution in [0.2, 0.25) is 0 Å². The summed E-state index contributed by atoms with van der Waals surface area (Å²) in [6.07, 6.45) is -3.92. The normalized spacial score (nSPS) is 19.9. The number of hydrogen-bond donors (Lipinski definition) is 1. The van der Waals surface area contributed by atoms with Crippen LogP contribution in [0.5, 0.6) is 0 Å². The van der Waals surface area contributed by atoms with E-state index in [-0.39, 0.29) is 10.1 Å². The van der Waals surface area contributed by atoms with Gasteiger partial charge in [-0.25, -0.2) is 0 Å². The molecular weight excluding hydrogens is 321 g/mol. The van der Waals surface area contributed by atoms with Crippen molar-refractivity contribution in [2.75, 3.05) is 5.75 Å². The van der Waals surface area contributed by atoms with E-state index in [0.717, 1.165) is 23.5 Å². The molecule has 3 rings (SSSR count). The minimum Gasteiger partial charge on any atom is -0.317 e. The fourth-order valence-corrected chi connectivity index (χ4v) is 5.00. The maximum absolute atomic E-state index is 13.0. The van der Waals surface area contributed by atoms with E-state index in [9.17, 15) is 17.4 Å². The number of halogens is 3. The number of thiazole rings is 1. The second kappa shape index (κ2) is 4.95. The Morgan fingerprint density at radius 1 is 1.48 bits per heavy atom. The first kappa shape index (κ1) is 14.8. The molecule has 0 saturated carbocycles. The topological polar surface area (TPSA) is 45.9 Å². The summed E-state index contributed by atoms with van der Waals surface area (Å²) in [5.74, 6) is 0.417. The average Bonchev–Trinajstić information content (AvgIpc) is 2.75. The third kappa shape index (κ3) is 2.34. The molecular formula is C13H13F3N2OS2. The summed E-state index contributed by atoms with van der Waals surface area (Å²) in [4.78, 5) is 0.242. The fraction of sp³-hybridized carbons (Fsp3) is 0.462. The molecule has 1 aromatic heterocycles. The molecule has 8 heteroatoms. The van der Waals surface area contributed by atoms with E-state index in [1.807, 2.05) is 0 Å². The molecule has 2 aromatic rings. The van der Waals surface area contributed by atoms with E-state index in [0.29, 0.717) is 34.5 Å². The lowest BCUT2D eigenvalue weighted by Gasteiger charge is -2.24. The Balaban J connectivity index is 2.33. The lowest BCUT2D eigenvalue weighted by Crippen LogP contribution is -2.23. The number of rotatable bonds is 2. The van der Waals surface area contributed by atoms with Crippen molar-refractivity contribution in [1.29, 1.82) is 5.41 Å². The Bertz CT molecular complexity index is 791. The molecule has 1 N–H and O–H groups in total. The standard InChI is InChI=1S/C13H13F3N2OS2/c1-2-21(19)10-3-4-18-11-8(10)5-7(13(14,15)16)6-9(11)20-12(18)17/h5-6,10,17H,2-4H2,1H3/t10-,21+/m0/s1. The number of nitrogens with zero attached hydrogens (tertiary/aromatic N) is 1. The number of nitrogens with one attached hydrogen (secondary N) is 1. The summed E-state index contributed by atoms with van der Waals surface area (Å²) in [7, 11) is -1.19. The minimum absolute atomic E-state index is 0.242. The molecule has 0 aliphatic carbocycles. The van der Waals surface area contributed by atoms with Crippen LogP contribution in [0.15, 0.2) is 12.1 Å². The highest BCUT2D eigenvalue weighted by atomic mass is 32.2. The van der Waals surface area contributed by atoms with E-state index >= 15 is 0 Å². The summed E-state index contributed by atoms with van der Waals surface area (Å²) in [5.41, 5.74) is 0.399. The SMILES string of the molecule is CC[S@@](=O)[C@H]1CCn2c(=N)sc3cc(C(F)(F)F)cc1c32. The molecule has 0 radical (unpaired) electrons. The molecule has 0 bridgehead atoms. The van der Waals surface area contributed by atoms with Crippen LogP contribution in [-0.4, -0.2) is 14.5 Å². The van der Waals surface area contributed by atoms with Gasteiger partial charge < -0.3 is 4.57 Å². The molecule has 2 heterocycles. The van der Waals surface area contributed by atoms with Gasteiger partial charge in [-0.05, 0) is 24.1 Å². The summed E-state index contributed by atoms with van der Waals surface area (Å²) in [5, 5.41) is 7.52. The molecule has 0 fully saturated rings. The highest BCUT2D eigenvalue weighted by molar-refractivity contribution is 7.85. The first-order valence-electron chi connectivity index (χ1n) is 6.49. The van der Waals surface area contributed by atoms with Gasteiger partial charge in [0, 0.05) is 23.1 Å². The van der Waals surface area contributed by atoms with Crippen LogP contribution in [0.1, 0.15) is 29.7 Å². The van der Waals surface area contributed by atoms with Crippen molar-refractivity contribution in [1.82, 2.24) is 4.57 Å². The summed E-state index contributed by atoms with van der Waals surface area (Å²) in [6, 6.07) is 2.21. The maximum Gasteiger partial charge on any atom is 0.416 e. The van der Waals surface area contributed by atoms with Gasteiger partial charge in [-0.2, -0.15) is 13.2 Å². The predicted molar refractivity (Wildman–Crippen MR) is 76.7 cm³/mol. The second-order valence-corrected chi connectivity index (χ2v) is 7.85. The van der Waals surface area contributed by atoms with Crippen molar-refractivity contribution >= 4 is 32.4 Å². The number of alkyl halides is 3. The molecule has 1 aliphatic rings. The Morgan fingerprint density at radius 3 is 2.81 bits per heavy atom. The Hall–Kier alpha value is -1.15. The van der Waals surface area contributed by atoms with Gasteiger partial charge in [-0.3, -0.25) is 9.62 Å². The van der Waals surface area contributed by atoms with Crippen LogP contribution in [0.4, 0.5) is 13.2 Å². The highest BCUT2D eigenvalue weighted by Crippen LogP contribution is 2.40. The highest BCUT2D eigenvalue weighted by Gasteiger charge is 2.35. The molecule has 2 atom stereocenters. The van der Waals surface area contributed by atoms with Gasteiger partial charge in [0.15, 0.2) is 4.80 Å². The molecule has 1 aliphatic heterocycles. The zero-order valence-electron chi connectivity index (χ0n) is 11.2. The summed E-state index contributed by atoms with van der Waals surface area (Å²) >= 11 is 1.04. The third-order valence-electron chi connectivity index (χ3n) is 3.72. The first-order chi connectivity index (χ1) is 9.82. The van der Waals surface area contributed by atoms with Crippen LogP contribution in [0.3, 0.4) is 0 Å². The van der Waals surface area contributed by atoms with Crippen LogP contribution >= 0.6 is 11.3 Å². The molecule has 0 saturated heterocycles. The third-order valence-corrected chi connectivity index (χ3v) is 6.36. The molecule has 1 aromatic carbocycles. The monoisotopic (exact) mass is 334 g/mol. The van der Waals surface area contributed by atoms with Crippen molar-refractivity contribution in [3.05, 3.63) is 28.1 Å². The number of aryl methyl sites for hydroxylation is 1. The zero-order valence-corrected chi connectivity index (χ0v) is 12.8. The number of benzene rings is 1. The van der Waals surface area contributed by atoms with Gasteiger partial charge in [0.05, 0.1) is 21.0 Å². The molecule has 21 heavy (non-hydrogen) atoms. The van der Waals surface area contributed by atoms with Crippen molar-refractivity contribution in [2.45, 2.75) is 31.3 Å². The van der Waals surface area contributed by atoms with E-state index < -0.39 is 22.5 Å². The largest absolute Gasteiger partial charge is 0.416 e. The predicted octanol–water partition coefficient (Wildman–Crippen LogP) is 3.41. The average molecular weight is 334 g/mol. The van der Waals surface area contributed by atoms with Gasteiger partial charge in [-0.15, -0.1) is 0 Å². The van der Waals surface area contributed by atoms with Crippen LogP contribution in [0, 0.1) is 5.41 Å². The second-order valence-electron chi connectivity index (χ2n) is 4.92. The van der Waals surface area contributed by atoms with Gasteiger partial charge >= 0.3 is 6.18 Å². The summed E-state index contributed by atoms with van der Waals surface area (Å²) in [6.45, 7) is 2.31. The molecule has 3 nitrogen and oxygen atoms in total. The van der Waals surface area contributed by atoms with E-state index in [1.165, 1.54) is 0 Å². The van der Waals surface area contributed by atoms with Crippen LogP contribution in [0.25, 0.3) is 10.2 Å². The summed E-state index contributed by atoms with van der Waals surface area (Å²) < 4.78 is 53.5. The van der Waals surface area contributed by atoms with Gasteiger partial charge in [0.25, 0.3) is 0 Å². The Morgan fingerprint density at radius 2 is 2.19 bits per heavy atom. The van der Waals surface area contributed by atoms with Crippen molar-refractivity contribution in [3.63, 3.8) is 0 Å². The van der Waals surface area contributed by atoms with Crippen molar-refractivity contribution in [2.24, 2.45) is 0 Å². The number of hydrogen-bond acceptors (Lipinski definition) is 3. The lowest BCUT2D eigenvalue weighted by atomic mass is 10.0. The van der Waals surface area contributed by atoms with Gasteiger partial charge in [0.2, 0.25) is 0 Å².